The third kappa shape index (κ3) is 1.98. The molecule has 0 bridgehead atoms. The van der Waals surface area contributed by atoms with Gasteiger partial charge in [-0.25, -0.2) is 0 Å². The van der Waals surface area contributed by atoms with Crippen LogP contribution in [0.4, 0.5) is 0 Å². The Balaban J connectivity index is 2.21. The Bertz CT molecular complexity index is 310. The molecule has 70 valence electrons. The molecule has 1 atom stereocenters. The van der Waals surface area contributed by atoms with E-state index < -0.39 is 0 Å². The molecule has 1 aromatic rings. The molecule has 1 unspecified atom stereocenters. The van der Waals surface area contributed by atoms with Crippen molar-refractivity contribution in [2.75, 3.05) is 5.94 Å². The molecule has 0 aromatic heterocycles. The van der Waals surface area contributed by atoms with Gasteiger partial charge in [0.05, 0.1) is 11.0 Å². The highest BCUT2D eigenvalue weighted by Gasteiger charge is 2.12. The molecule has 0 radical (unpaired) electrons. The van der Waals surface area contributed by atoms with E-state index in [0.717, 1.165) is 11.3 Å². The molecule has 3 heteroatoms. The highest BCUT2D eigenvalue weighted by atomic mass is 32.2. The minimum atomic E-state index is -0.285. The van der Waals surface area contributed by atoms with Gasteiger partial charge in [0.15, 0.2) is 0 Å². The van der Waals surface area contributed by atoms with Crippen molar-refractivity contribution in [2.45, 2.75) is 24.3 Å². The number of aliphatic hydroxyl groups excluding tert-OH is 1. The molecule has 2 rings (SSSR count). The topological polar surface area (TPSA) is 29.5 Å². The van der Waals surface area contributed by atoms with Crippen LogP contribution in [0.2, 0.25) is 0 Å². The molecule has 1 aromatic carbocycles. The second kappa shape index (κ2) is 3.60. The van der Waals surface area contributed by atoms with Crippen LogP contribution in [0.3, 0.4) is 0 Å². The van der Waals surface area contributed by atoms with E-state index in [1.165, 1.54) is 4.90 Å². The molecule has 1 aliphatic rings. The van der Waals surface area contributed by atoms with Gasteiger partial charge in [0.2, 0.25) is 0 Å². The van der Waals surface area contributed by atoms with Gasteiger partial charge in [-0.2, -0.15) is 0 Å². The van der Waals surface area contributed by atoms with Crippen molar-refractivity contribution < 1.29 is 9.84 Å². The summed E-state index contributed by atoms with van der Waals surface area (Å²) in [6, 6.07) is 6.12. The number of fused-ring (bicyclic) bond motifs is 1. The zero-order valence-corrected chi connectivity index (χ0v) is 8.30. The van der Waals surface area contributed by atoms with Crippen LogP contribution in [-0.4, -0.2) is 17.1 Å². The first-order chi connectivity index (χ1) is 6.25. The standard InChI is InChI=1S/C10H12O2S/c1-7(11)4-8-2-3-10-9(5-8)12-6-13-10/h2-3,5,7,11H,4,6H2,1H3. The van der Waals surface area contributed by atoms with Crippen molar-refractivity contribution in [3.63, 3.8) is 0 Å². The van der Waals surface area contributed by atoms with Gasteiger partial charge in [-0.1, -0.05) is 17.8 Å². The molecule has 0 saturated heterocycles. The van der Waals surface area contributed by atoms with Crippen molar-refractivity contribution in [1.29, 1.82) is 0 Å². The normalized spacial score (nSPS) is 16.5. The van der Waals surface area contributed by atoms with E-state index in [0.29, 0.717) is 12.4 Å². The Morgan fingerprint density at radius 2 is 2.46 bits per heavy atom. The molecule has 0 spiro atoms. The predicted molar refractivity (Wildman–Crippen MR) is 53.2 cm³/mol. The van der Waals surface area contributed by atoms with Gasteiger partial charge in [-0.05, 0) is 31.0 Å². The van der Waals surface area contributed by atoms with E-state index in [4.69, 9.17) is 4.74 Å². The summed E-state index contributed by atoms with van der Waals surface area (Å²) in [6.07, 6.45) is 0.411. The molecule has 1 N–H and O–H groups in total. The van der Waals surface area contributed by atoms with Crippen molar-refractivity contribution in [1.82, 2.24) is 0 Å². The number of aliphatic hydroxyl groups is 1. The Morgan fingerprint density at radius 1 is 1.62 bits per heavy atom. The van der Waals surface area contributed by atoms with Crippen LogP contribution < -0.4 is 4.74 Å². The lowest BCUT2D eigenvalue weighted by Crippen LogP contribution is -2.03. The van der Waals surface area contributed by atoms with Crippen LogP contribution in [0.15, 0.2) is 23.1 Å². The van der Waals surface area contributed by atoms with Crippen molar-refractivity contribution >= 4 is 11.8 Å². The van der Waals surface area contributed by atoms with Crippen molar-refractivity contribution in [2.24, 2.45) is 0 Å². The summed E-state index contributed by atoms with van der Waals surface area (Å²) in [5, 5.41) is 9.21. The quantitative estimate of drug-likeness (QED) is 0.785. The van der Waals surface area contributed by atoms with Crippen molar-refractivity contribution in [3.05, 3.63) is 23.8 Å². The summed E-state index contributed by atoms with van der Waals surface area (Å²) in [7, 11) is 0. The minimum Gasteiger partial charge on any atom is -0.481 e. The van der Waals surface area contributed by atoms with E-state index in [1.54, 1.807) is 18.7 Å². The molecule has 0 fully saturated rings. The van der Waals surface area contributed by atoms with E-state index in [1.807, 2.05) is 12.1 Å². The maximum absolute atomic E-state index is 9.21. The first-order valence-corrected chi connectivity index (χ1v) is 5.31. The molecule has 13 heavy (non-hydrogen) atoms. The molecular formula is C10H12O2S. The fraction of sp³-hybridized carbons (Fsp3) is 0.400. The summed E-state index contributed by atoms with van der Waals surface area (Å²) >= 11 is 1.71. The van der Waals surface area contributed by atoms with Gasteiger partial charge in [-0.15, -0.1) is 0 Å². The smallest absolute Gasteiger partial charge is 0.138 e. The number of benzene rings is 1. The van der Waals surface area contributed by atoms with Gasteiger partial charge in [0, 0.05) is 0 Å². The molecular weight excluding hydrogens is 184 g/mol. The fourth-order valence-electron chi connectivity index (χ4n) is 1.41. The number of thioether (sulfide) groups is 1. The van der Waals surface area contributed by atoms with Crippen LogP contribution in [0, 0.1) is 0 Å². The Labute approximate surface area is 81.9 Å². The number of hydrogen-bond donors (Lipinski definition) is 1. The largest absolute Gasteiger partial charge is 0.481 e. The average molecular weight is 196 g/mol. The highest BCUT2D eigenvalue weighted by molar-refractivity contribution is 7.99. The van der Waals surface area contributed by atoms with Crippen LogP contribution in [0.1, 0.15) is 12.5 Å². The zero-order chi connectivity index (χ0) is 9.26. The molecule has 1 aliphatic heterocycles. The van der Waals surface area contributed by atoms with E-state index in [-0.39, 0.29) is 6.10 Å². The summed E-state index contributed by atoms with van der Waals surface area (Å²) in [4.78, 5) is 1.20. The maximum atomic E-state index is 9.21. The lowest BCUT2D eigenvalue weighted by molar-refractivity contribution is 0.195. The number of hydrogen-bond acceptors (Lipinski definition) is 3. The number of rotatable bonds is 2. The fourth-order valence-corrected chi connectivity index (χ4v) is 2.15. The van der Waals surface area contributed by atoms with Gasteiger partial charge < -0.3 is 9.84 Å². The number of ether oxygens (including phenoxy) is 1. The van der Waals surface area contributed by atoms with Gasteiger partial charge >= 0.3 is 0 Å². The van der Waals surface area contributed by atoms with E-state index >= 15 is 0 Å². The molecule has 0 saturated carbocycles. The van der Waals surface area contributed by atoms with Crippen LogP contribution in [0.25, 0.3) is 0 Å². The second-order valence-electron chi connectivity index (χ2n) is 3.24. The summed E-state index contributed by atoms with van der Waals surface area (Å²) in [5.74, 6) is 1.68. The van der Waals surface area contributed by atoms with Gasteiger partial charge in [0.25, 0.3) is 0 Å². The highest BCUT2D eigenvalue weighted by Crippen LogP contribution is 2.36. The van der Waals surface area contributed by atoms with E-state index in [2.05, 4.69) is 6.07 Å². The summed E-state index contributed by atoms with van der Waals surface area (Å²) < 4.78 is 5.40. The zero-order valence-electron chi connectivity index (χ0n) is 7.49. The molecule has 0 amide bonds. The second-order valence-corrected chi connectivity index (χ2v) is 4.20. The Hall–Kier alpha value is -0.670. The van der Waals surface area contributed by atoms with Crippen molar-refractivity contribution in [3.8, 4) is 5.75 Å². The average Bonchev–Trinajstić information content (AvgIpc) is 2.49. The molecule has 2 nitrogen and oxygen atoms in total. The summed E-state index contributed by atoms with van der Waals surface area (Å²) in [5.41, 5.74) is 1.14. The first-order valence-electron chi connectivity index (χ1n) is 4.32. The third-order valence-electron chi connectivity index (χ3n) is 1.97. The predicted octanol–water partition coefficient (Wildman–Crippen LogP) is 2.05. The SMILES string of the molecule is CC(O)Cc1ccc2c(c1)OCS2. The first kappa shape index (κ1) is 8.91. The van der Waals surface area contributed by atoms with Gasteiger partial charge in [-0.3, -0.25) is 0 Å². The van der Waals surface area contributed by atoms with Gasteiger partial charge in [0.1, 0.15) is 11.7 Å². The van der Waals surface area contributed by atoms with Crippen LogP contribution >= 0.6 is 11.8 Å². The van der Waals surface area contributed by atoms with Crippen LogP contribution in [-0.2, 0) is 6.42 Å². The molecule has 0 aliphatic carbocycles. The maximum Gasteiger partial charge on any atom is 0.138 e. The minimum absolute atomic E-state index is 0.285. The van der Waals surface area contributed by atoms with E-state index in [9.17, 15) is 5.11 Å². The summed E-state index contributed by atoms with van der Waals surface area (Å²) in [6.45, 7) is 1.79. The lowest BCUT2D eigenvalue weighted by atomic mass is 10.1. The third-order valence-corrected chi connectivity index (χ3v) is 2.85. The lowest BCUT2D eigenvalue weighted by Gasteiger charge is -2.05. The van der Waals surface area contributed by atoms with Crippen LogP contribution in [0.5, 0.6) is 5.75 Å². The Kier molecular flexibility index (Phi) is 2.47. The Morgan fingerprint density at radius 3 is 3.23 bits per heavy atom. The monoisotopic (exact) mass is 196 g/mol. The molecule has 1 heterocycles.